The summed E-state index contributed by atoms with van der Waals surface area (Å²) < 4.78 is 11.0. The van der Waals surface area contributed by atoms with Gasteiger partial charge in [-0.15, -0.1) is 0 Å². The number of phenols is 1. The molecule has 328 valence electrons. The van der Waals surface area contributed by atoms with E-state index in [4.69, 9.17) is 14.4 Å². The van der Waals surface area contributed by atoms with Crippen LogP contribution in [0.2, 0.25) is 0 Å². The normalized spacial score (nSPS) is 12.7. The van der Waals surface area contributed by atoms with Crippen molar-refractivity contribution in [2.45, 2.75) is 91.9 Å². The Kier molecular flexibility index (Phi) is 9.39. The smallest absolute Gasteiger partial charge is 0.149 e. The summed E-state index contributed by atoms with van der Waals surface area (Å²) in [5, 5.41) is 18.1. The lowest BCUT2D eigenvalue weighted by molar-refractivity contribution is 0.446. The summed E-state index contributed by atoms with van der Waals surface area (Å²) in [6, 6.07) is 47.5. The molecule has 0 saturated heterocycles. The van der Waals surface area contributed by atoms with Gasteiger partial charge in [0.15, 0.2) is 0 Å². The van der Waals surface area contributed by atoms with Gasteiger partial charge in [0.05, 0.1) is 33.5 Å². The zero-order valence-corrected chi connectivity index (χ0v) is 39.6. The van der Waals surface area contributed by atoms with E-state index in [1.54, 1.807) is 0 Å². The molecule has 7 aromatic carbocycles. The molecule has 4 aromatic heterocycles. The Bertz CT molecular complexity index is 3710. The summed E-state index contributed by atoms with van der Waals surface area (Å²) in [5.74, 6) is 1.31. The number of rotatable bonds is 6. The lowest BCUT2D eigenvalue weighted by atomic mass is 9.78. The van der Waals surface area contributed by atoms with E-state index in [2.05, 4.69) is 206 Å². The van der Waals surface area contributed by atoms with Crippen LogP contribution in [0.1, 0.15) is 103 Å². The molecule has 6 heteroatoms. The molecule has 0 amide bonds. The number of phenolic OH excluding ortho intramolecular Hbond substituents is 1. The van der Waals surface area contributed by atoms with Gasteiger partial charge in [-0.25, -0.2) is 9.97 Å². The lowest BCUT2D eigenvalue weighted by Crippen LogP contribution is -2.17. The van der Waals surface area contributed by atoms with Crippen molar-refractivity contribution in [1.29, 1.82) is 0 Å². The number of nitrogens with zero attached hydrogens (tertiary/aromatic N) is 4. The summed E-state index contributed by atoms with van der Waals surface area (Å²) >= 11 is 0. The molecule has 11 aromatic rings. The van der Waals surface area contributed by atoms with Crippen LogP contribution >= 0.6 is 0 Å². The molecule has 4 heterocycles. The van der Waals surface area contributed by atoms with E-state index in [0.717, 1.165) is 88.4 Å². The molecule has 0 aliphatic heterocycles. The van der Waals surface area contributed by atoms with Crippen LogP contribution in [0, 0.1) is 0 Å². The minimum Gasteiger partial charge on any atom is -0.507 e. The molecule has 11 rings (SSSR count). The zero-order chi connectivity index (χ0) is 46.0. The third-order valence-electron chi connectivity index (χ3n) is 13.6. The molecule has 0 spiro atoms. The van der Waals surface area contributed by atoms with Gasteiger partial charge in [-0.2, -0.15) is 0 Å². The van der Waals surface area contributed by atoms with Gasteiger partial charge < -0.3 is 9.52 Å². The van der Waals surface area contributed by atoms with Crippen molar-refractivity contribution in [2.75, 3.05) is 0 Å². The monoisotopic (exact) mass is 864 g/mol. The first-order chi connectivity index (χ1) is 31.6. The van der Waals surface area contributed by atoms with Crippen molar-refractivity contribution >= 4 is 60.3 Å². The summed E-state index contributed by atoms with van der Waals surface area (Å²) in [6.45, 7) is 22.4. The van der Waals surface area contributed by atoms with E-state index < -0.39 is 0 Å². The number of pyridine rings is 1. The Balaban J connectivity index is 1.25. The van der Waals surface area contributed by atoms with E-state index >= 15 is 0 Å². The number of furan rings is 1. The molecule has 0 aliphatic rings. The van der Waals surface area contributed by atoms with Crippen LogP contribution in [0.25, 0.3) is 99.8 Å². The predicted molar refractivity (Wildman–Crippen MR) is 276 cm³/mol. The molecule has 0 unspecified atom stereocenters. The van der Waals surface area contributed by atoms with Crippen LogP contribution in [-0.2, 0) is 10.8 Å². The van der Waals surface area contributed by atoms with Gasteiger partial charge in [-0.05, 0) is 104 Å². The summed E-state index contributed by atoms with van der Waals surface area (Å²) in [6.07, 6.45) is 2.16. The first kappa shape index (κ1) is 41.5. The summed E-state index contributed by atoms with van der Waals surface area (Å²) in [4.78, 5) is 11.2. The summed E-state index contributed by atoms with van der Waals surface area (Å²) in [5.41, 5.74) is 15.3. The number of benzene rings is 7. The van der Waals surface area contributed by atoms with Gasteiger partial charge >= 0.3 is 0 Å². The molecular formula is C60H56N4O2. The maximum atomic E-state index is 12.6. The first-order valence-corrected chi connectivity index (χ1v) is 23.4. The number of fused-ring (bicyclic) bond motifs is 10. The number of imidazole rings is 2. The third-order valence-corrected chi connectivity index (χ3v) is 13.6. The Labute approximate surface area is 386 Å². The average Bonchev–Trinajstić information content (AvgIpc) is 4.01. The summed E-state index contributed by atoms with van der Waals surface area (Å²) in [7, 11) is 0. The molecule has 0 aliphatic carbocycles. The minimum atomic E-state index is -0.332. The highest BCUT2D eigenvalue weighted by atomic mass is 16.3. The molecule has 66 heavy (non-hydrogen) atoms. The van der Waals surface area contributed by atoms with Gasteiger partial charge in [0, 0.05) is 38.9 Å². The highest BCUT2D eigenvalue weighted by Gasteiger charge is 2.31. The van der Waals surface area contributed by atoms with Gasteiger partial charge in [0.1, 0.15) is 28.4 Å². The highest BCUT2D eigenvalue weighted by molar-refractivity contribution is 6.19. The molecule has 0 fully saturated rings. The Morgan fingerprint density at radius 3 is 1.91 bits per heavy atom. The van der Waals surface area contributed by atoms with Crippen LogP contribution < -0.4 is 0 Å². The molecule has 0 atom stereocenters. The van der Waals surface area contributed by atoms with E-state index in [9.17, 15) is 5.11 Å². The lowest BCUT2D eigenvalue weighted by Gasteiger charge is -2.28. The maximum Gasteiger partial charge on any atom is 0.149 e. The van der Waals surface area contributed by atoms with Crippen LogP contribution in [-0.4, -0.2) is 24.0 Å². The fourth-order valence-electron chi connectivity index (χ4n) is 10.1. The molecule has 0 radical (unpaired) electrons. The molecule has 6 nitrogen and oxygen atoms in total. The Morgan fingerprint density at radius 1 is 0.545 bits per heavy atom. The number of hydrogen-bond donors (Lipinski definition) is 1. The van der Waals surface area contributed by atoms with Crippen molar-refractivity contribution in [3.05, 3.63) is 162 Å². The second kappa shape index (κ2) is 14.9. The van der Waals surface area contributed by atoms with Crippen LogP contribution in [0.3, 0.4) is 0 Å². The minimum absolute atomic E-state index is 0.174. The molecule has 0 saturated carbocycles. The standard InChI is InChI=1S/C60H56N4O2/c1-34(2)42-27-37(36-19-12-11-13-20-36)28-43(35(3)4)55(42)64-51-25-18-23-41(54(51)62-58(64)47-29-38(59(5,6)7)30-48(56(47)65)60(8,9)10)49-33-63-50-24-16-14-21-39(50)44-31-45-40-22-15-17-26-52(40)66-53(45)32-46(44)57(63)61-49/h11-35,65H,1-10H3. The third kappa shape index (κ3) is 6.52. The van der Waals surface area contributed by atoms with E-state index in [0.29, 0.717) is 11.4 Å². The maximum absolute atomic E-state index is 12.6. The van der Waals surface area contributed by atoms with Gasteiger partial charge in [0.25, 0.3) is 0 Å². The van der Waals surface area contributed by atoms with Crippen molar-refractivity contribution < 1.29 is 9.52 Å². The Morgan fingerprint density at radius 2 is 1.21 bits per heavy atom. The quantitative estimate of drug-likeness (QED) is 0.169. The topological polar surface area (TPSA) is 68.5 Å². The van der Waals surface area contributed by atoms with E-state index in [1.165, 1.54) is 22.3 Å². The van der Waals surface area contributed by atoms with Gasteiger partial charge in [-0.3, -0.25) is 8.97 Å². The van der Waals surface area contributed by atoms with Crippen molar-refractivity contribution in [1.82, 2.24) is 18.9 Å². The van der Waals surface area contributed by atoms with Crippen molar-refractivity contribution in [2.24, 2.45) is 0 Å². The second-order valence-corrected chi connectivity index (χ2v) is 20.9. The van der Waals surface area contributed by atoms with Crippen LogP contribution in [0.15, 0.2) is 144 Å². The molecule has 0 bridgehead atoms. The van der Waals surface area contributed by atoms with E-state index in [1.807, 2.05) is 12.1 Å². The van der Waals surface area contributed by atoms with E-state index in [-0.39, 0.29) is 28.4 Å². The Hall–Kier alpha value is -7.18. The number of aromatic hydroxyl groups is 1. The molecule has 1 N–H and O–H groups in total. The second-order valence-electron chi connectivity index (χ2n) is 20.9. The zero-order valence-electron chi connectivity index (χ0n) is 39.6. The fourth-order valence-corrected chi connectivity index (χ4v) is 10.1. The van der Waals surface area contributed by atoms with Crippen molar-refractivity contribution in [3.63, 3.8) is 0 Å². The van der Waals surface area contributed by atoms with Gasteiger partial charge in [0.2, 0.25) is 0 Å². The van der Waals surface area contributed by atoms with Gasteiger partial charge in [-0.1, -0.05) is 154 Å². The first-order valence-electron chi connectivity index (χ1n) is 23.4. The molecular weight excluding hydrogens is 809 g/mol. The van der Waals surface area contributed by atoms with Crippen LogP contribution in [0.4, 0.5) is 0 Å². The van der Waals surface area contributed by atoms with Crippen molar-refractivity contribution in [3.8, 4) is 45.2 Å². The number of aromatic nitrogens is 4. The fraction of sp³-hybridized carbons (Fsp3) is 0.233. The highest BCUT2D eigenvalue weighted by Crippen LogP contribution is 2.47. The largest absolute Gasteiger partial charge is 0.507 e. The number of hydrogen-bond acceptors (Lipinski definition) is 4. The number of para-hydroxylation sites is 3. The van der Waals surface area contributed by atoms with Crippen LogP contribution in [0.5, 0.6) is 5.75 Å². The predicted octanol–water partition coefficient (Wildman–Crippen LogP) is 16.4. The average molecular weight is 865 g/mol. The SMILES string of the molecule is CC(C)c1cc(-c2ccccc2)cc(C(C)C)c1-n1c(-c2cc(C(C)(C)C)cc(C(C)(C)C)c2O)nc2c(-c3cn4c5ccccc5c5cc6c(cc5c4n3)oc3ccccc36)cccc21.